The number of carbonyl (C=O) groups is 1. The van der Waals surface area contributed by atoms with E-state index in [1.54, 1.807) is 6.08 Å². The molecule has 0 aliphatic rings. The van der Waals surface area contributed by atoms with Gasteiger partial charge in [0.05, 0.1) is 5.35 Å². The molecular formula is C14H11NO. The van der Waals surface area contributed by atoms with Crippen LogP contribution in [0.2, 0.25) is 0 Å². The van der Waals surface area contributed by atoms with Gasteiger partial charge in [0, 0.05) is 29.4 Å². The lowest BCUT2D eigenvalue weighted by molar-refractivity contribution is -0.103. The highest BCUT2D eigenvalue weighted by Gasteiger charge is 2.07. The smallest absolute Gasteiger partial charge is 0.144 e. The maximum Gasteiger partial charge on any atom is 0.144 e. The van der Waals surface area contributed by atoms with Crippen LogP contribution in [0.5, 0.6) is 0 Å². The predicted octanol–water partition coefficient (Wildman–Crippen LogP) is 2.03. The van der Waals surface area contributed by atoms with Crippen molar-refractivity contribution < 1.29 is 4.79 Å². The fourth-order valence-corrected chi connectivity index (χ4v) is 2.39. The second-order valence-corrected chi connectivity index (χ2v) is 3.93. The molecule has 0 aliphatic heterocycles. The highest BCUT2D eigenvalue weighted by Crippen LogP contribution is 2.24. The third-order valence-electron chi connectivity index (χ3n) is 3.11. The minimum Gasteiger partial charge on any atom is -0.343 e. The van der Waals surface area contributed by atoms with Crippen molar-refractivity contribution in [3.8, 4) is 0 Å². The van der Waals surface area contributed by atoms with Gasteiger partial charge in [0.2, 0.25) is 0 Å². The minimum absolute atomic E-state index is 0.844. The van der Waals surface area contributed by atoms with E-state index in [9.17, 15) is 4.79 Å². The summed E-state index contributed by atoms with van der Waals surface area (Å²) >= 11 is 0. The molecule has 3 rings (SSSR count). The first-order chi connectivity index (χ1) is 7.83. The molecule has 0 saturated heterocycles. The fourth-order valence-electron chi connectivity index (χ4n) is 2.39. The van der Waals surface area contributed by atoms with E-state index in [4.69, 9.17) is 0 Å². The molecule has 3 aromatic rings. The minimum atomic E-state index is 0.844. The lowest BCUT2D eigenvalue weighted by atomic mass is 10.1. The van der Waals surface area contributed by atoms with Crippen molar-refractivity contribution in [3.05, 3.63) is 41.7 Å². The second-order valence-electron chi connectivity index (χ2n) is 3.93. The van der Waals surface area contributed by atoms with Crippen molar-refractivity contribution in [1.82, 2.24) is 4.57 Å². The molecule has 1 heterocycles. The van der Waals surface area contributed by atoms with Crippen LogP contribution in [-0.2, 0) is 11.8 Å². The fraction of sp³-hybridized carbons (Fsp3) is 0.0714. The van der Waals surface area contributed by atoms with Gasteiger partial charge in [-0.3, -0.25) is 4.79 Å². The molecule has 0 fully saturated rings. The van der Waals surface area contributed by atoms with Crippen molar-refractivity contribution in [2.75, 3.05) is 0 Å². The van der Waals surface area contributed by atoms with Crippen LogP contribution >= 0.6 is 0 Å². The Balaban J connectivity index is 2.72. The first kappa shape index (κ1) is 9.16. The third kappa shape index (κ3) is 1.04. The summed E-state index contributed by atoms with van der Waals surface area (Å²) < 4.78 is 2.06. The summed E-state index contributed by atoms with van der Waals surface area (Å²) in [6.07, 6.45) is 2.46. The molecule has 0 atom stereocenters. The van der Waals surface area contributed by atoms with Gasteiger partial charge in [0.1, 0.15) is 6.29 Å². The number of aldehydes is 1. The average Bonchev–Trinajstić information content (AvgIpc) is 2.58. The highest BCUT2D eigenvalue weighted by molar-refractivity contribution is 6.11. The zero-order valence-corrected chi connectivity index (χ0v) is 8.97. The predicted molar refractivity (Wildman–Crippen MR) is 66.2 cm³/mol. The molecule has 0 bridgehead atoms. The number of rotatable bonds is 1. The zero-order chi connectivity index (χ0) is 11.1. The molecular weight excluding hydrogens is 198 g/mol. The molecule has 1 aromatic heterocycles. The number of nitrogens with zero attached hydrogens (tertiary/aromatic N) is 1. The topological polar surface area (TPSA) is 22.0 Å². The monoisotopic (exact) mass is 209 g/mol. The first-order valence-electron chi connectivity index (χ1n) is 5.24. The van der Waals surface area contributed by atoms with Crippen LogP contribution in [0.15, 0.2) is 36.4 Å². The van der Waals surface area contributed by atoms with Gasteiger partial charge in [0.15, 0.2) is 0 Å². The SMILES string of the molecule is Cn1/c(=C/C=O)c2cccc3cccc1c32. The van der Waals surface area contributed by atoms with Gasteiger partial charge in [-0.2, -0.15) is 0 Å². The molecule has 0 aliphatic carbocycles. The molecule has 0 saturated carbocycles. The summed E-state index contributed by atoms with van der Waals surface area (Å²) in [7, 11) is 1.99. The number of carbonyl (C=O) groups excluding carboxylic acids is 1. The van der Waals surface area contributed by atoms with Gasteiger partial charge in [-0.1, -0.05) is 30.3 Å². The van der Waals surface area contributed by atoms with Gasteiger partial charge in [0.25, 0.3) is 0 Å². The van der Waals surface area contributed by atoms with Gasteiger partial charge >= 0.3 is 0 Å². The van der Waals surface area contributed by atoms with Gasteiger partial charge < -0.3 is 4.57 Å². The van der Waals surface area contributed by atoms with Gasteiger partial charge in [-0.15, -0.1) is 0 Å². The number of aryl methyl sites for hydroxylation is 1. The van der Waals surface area contributed by atoms with E-state index >= 15 is 0 Å². The van der Waals surface area contributed by atoms with Crippen molar-refractivity contribution >= 4 is 34.0 Å². The molecule has 0 unspecified atom stereocenters. The Kier molecular flexibility index (Phi) is 1.83. The lowest BCUT2D eigenvalue weighted by Crippen LogP contribution is -2.12. The maximum atomic E-state index is 10.7. The molecule has 2 nitrogen and oxygen atoms in total. The van der Waals surface area contributed by atoms with Crippen LogP contribution in [0.25, 0.3) is 27.8 Å². The lowest BCUT2D eigenvalue weighted by Gasteiger charge is -1.97. The standard InChI is InChI=1S/C14H11NO/c1-15-12(8-9-16)11-6-2-4-10-5-3-7-13(15)14(10)11/h2-9H,1H3/b12-8+. The number of aromatic nitrogens is 1. The van der Waals surface area contributed by atoms with E-state index in [0.29, 0.717) is 0 Å². The molecule has 0 spiro atoms. The molecule has 16 heavy (non-hydrogen) atoms. The molecule has 0 radical (unpaired) electrons. The quantitative estimate of drug-likeness (QED) is 0.562. The van der Waals surface area contributed by atoms with Crippen LogP contribution in [-0.4, -0.2) is 10.9 Å². The molecule has 2 aromatic carbocycles. The third-order valence-corrected chi connectivity index (χ3v) is 3.11. The van der Waals surface area contributed by atoms with E-state index < -0.39 is 0 Å². The Morgan fingerprint density at radius 1 is 1.12 bits per heavy atom. The van der Waals surface area contributed by atoms with E-state index in [2.05, 4.69) is 28.8 Å². The number of hydrogen-bond acceptors (Lipinski definition) is 1. The number of hydrogen-bond donors (Lipinski definition) is 0. The summed E-state index contributed by atoms with van der Waals surface area (Å²) in [4.78, 5) is 10.7. The van der Waals surface area contributed by atoms with Crippen molar-refractivity contribution in [2.45, 2.75) is 0 Å². The summed E-state index contributed by atoms with van der Waals surface area (Å²) in [5.41, 5.74) is 1.17. The van der Waals surface area contributed by atoms with E-state index in [1.807, 2.05) is 19.2 Å². The van der Waals surface area contributed by atoms with E-state index in [0.717, 1.165) is 17.0 Å². The molecule has 0 amide bonds. The van der Waals surface area contributed by atoms with Crippen LogP contribution in [0.4, 0.5) is 0 Å². The first-order valence-corrected chi connectivity index (χ1v) is 5.24. The largest absolute Gasteiger partial charge is 0.343 e. The Labute approximate surface area is 92.8 Å². The Hall–Kier alpha value is -2.09. The maximum absolute atomic E-state index is 10.7. The second kappa shape index (κ2) is 3.20. The Morgan fingerprint density at radius 2 is 1.88 bits per heavy atom. The van der Waals surface area contributed by atoms with Gasteiger partial charge in [-0.05, 0) is 11.5 Å². The average molecular weight is 209 g/mol. The summed E-state index contributed by atoms with van der Waals surface area (Å²) in [5.74, 6) is 0. The van der Waals surface area contributed by atoms with Crippen LogP contribution in [0.1, 0.15) is 0 Å². The summed E-state index contributed by atoms with van der Waals surface area (Å²) in [5, 5.41) is 4.57. The zero-order valence-electron chi connectivity index (χ0n) is 8.97. The van der Waals surface area contributed by atoms with Crippen LogP contribution in [0, 0.1) is 0 Å². The summed E-state index contributed by atoms with van der Waals surface area (Å²) in [6, 6.07) is 12.4. The Bertz CT molecular complexity index is 732. The highest BCUT2D eigenvalue weighted by atomic mass is 16.1. The van der Waals surface area contributed by atoms with Crippen molar-refractivity contribution in [1.29, 1.82) is 0 Å². The Morgan fingerprint density at radius 3 is 2.62 bits per heavy atom. The van der Waals surface area contributed by atoms with Crippen LogP contribution in [0.3, 0.4) is 0 Å². The molecule has 78 valence electrons. The van der Waals surface area contributed by atoms with Crippen molar-refractivity contribution in [2.24, 2.45) is 7.05 Å². The normalized spacial score (nSPS) is 12.7. The molecule has 0 N–H and O–H groups in total. The van der Waals surface area contributed by atoms with E-state index in [1.165, 1.54) is 16.3 Å². The van der Waals surface area contributed by atoms with Crippen molar-refractivity contribution in [3.63, 3.8) is 0 Å². The number of benzene rings is 2. The van der Waals surface area contributed by atoms with Crippen LogP contribution < -0.4 is 5.35 Å². The summed E-state index contributed by atoms with van der Waals surface area (Å²) in [6.45, 7) is 0. The molecule has 2 heteroatoms. The van der Waals surface area contributed by atoms with E-state index in [-0.39, 0.29) is 0 Å². The van der Waals surface area contributed by atoms with Gasteiger partial charge in [-0.25, -0.2) is 0 Å².